The third-order valence-electron chi connectivity index (χ3n) is 4.54. The lowest BCUT2D eigenvalue weighted by Crippen LogP contribution is -2.20. The van der Waals surface area contributed by atoms with Crippen LogP contribution in [0.15, 0.2) is 12.1 Å². The molecule has 2 rings (SSSR count). The van der Waals surface area contributed by atoms with Crippen LogP contribution in [0.5, 0.6) is 0 Å². The van der Waals surface area contributed by atoms with Gasteiger partial charge in [0.05, 0.1) is 0 Å². The fraction of sp³-hybridized carbons (Fsp3) is 0.667. The molecule has 0 aliphatic heterocycles. The van der Waals surface area contributed by atoms with Crippen molar-refractivity contribution in [1.29, 1.82) is 0 Å². The average molecular weight is 259 g/mol. The fourth-order valence-corrected chi connectivity index (χ4v) is 3.15. The van der Waals surface area contributed by atoms with Gasteiger partial charge in [-0.3, -0.25) is 0 Å². The Labute approximate surface area is 118 Å². The lowest BCUT2D eigenvalue weighted by molar-refractivity contribution is 0.507. The summed E-state index contributed by atoms with van der Waals surface area (Å²) >= 11 is 0. The Kier molecular flexibility index (Phi) is 5.04. The number of hydrogen-bond donors (Lipinski definition) is 1. The summed E-state index contributed by atoms with van der Waals surface area (Å²) in [5, 5.41) is 3.58. The van der Waals surface area contributed by atoms with Gasteiger partial charge in [-0.15, -0.1) is 0 Å². The van der Waals surface area contributed by atoms with Crippen LogP contribution in [0.1, 0.15) is 68.3 Å². The Morgan fingerprint density at radius 2 is 1.63 bits per heavy atom. The molecule has 0 saturated heterocycles. The molecule has 1 nitrogen and oxygen atoms in total. The molecular formula is C18H29N. The van der Waals surface area contributed by atoms with E-state index in [-0.39, 0.29) is 0 Å². The molecule has 1 heteroatoms. The minimum atomic E-state index is 0.559. The van der Waals surface area contributed by atoms with Gasteiger partial charge in [-0.25, -0.2) is 0 Å². The van der Waals surface area contributed by atoms with Gasteiger partial charge >= 0.3 is 0 Å². The van der Waals surface area contributed by atoms with E-state index < -0.39 is 0 Å². The van der Waals surface area contributed by atoms with Gasteiger partial charge in [-0.05, 0) is 60.9 Å². The number of nitrogens with one attached hydrogen (secondary N) is 1. The molecule has 0 radical (unpaired) electrons. The molecule has 0 aromatic heterocycles. The SMILES string of the molecule is CCc1cc(CC)c(C(CC2CC2)NC)c(CC)c1. The third kappa shape index (κ3) is 3.39. The highest BCUT2D eigenvalue weighted by Gasteiger charge is 2.27. The smallest absolute Gasteiger partial charge is 0.0325 e. The Balaban J connectivity index is 2.38. The van der Waals surface area contributed by atoms with Crippen LogP contribution in [-0.2, 0) is 19.3 Å². The van der Waals surface area contributed by atoms with Crippen molar-refractivity contribution >= 4 is 0 Å². The Morgan fingerprint density at radius 3 is 2.00 bits per heavy atom. The molecular weight excluding hydrogens is 230 g/mol. The van der Waals surface area contributed by atoms with Gasteiger partial charge in [0.2, 0.25) is 0 Å². The van der Waals surface area contributed by atoms with Gasteiger partial charge < -0.3 is 5.32 Å². The van der Waals surface area contributed by atoms with Crippen LogP contribution < -0.4 is 5.32 Å². The van der Waals surface area contributed by atoms with E-state index in [2.05, 4.69) is 45.3 Å². The van der Waals surface area contributed by atoms with Crippen molar-refractivity contribution in [2.75, 3.05) is 7.05 Å². The van der Waals surface area contributed by atoms with Crippen LogP contribution in [0, 0.1) is 5.92 Å². The van der Waals surface area contributed by atoms with E-state index in [9.17, 15) is 0 Å². The van der Waals surface area contributed by atoms with Crippen LogP contribution in [0.25, 0.3) is 0 Å². The van der Waals surface area contributed by atoms with E-state index in [4.69, 9.17) is 0 Å². The Hall–Kier alpha value is -0.820. The molecule has 1 aliphatic carbocycles. The molecule has 0 amide bonds. The molecule has 1 aromatic rings. The van der Waals surface area contributed by atoms with E-state index in [1.165, 1.54) is 24.8 Å². The first-order valence-corrected chi connectivity index (χ1v) is 8.05. The second-order valence-corrected chi connectivity index (χ2v) is 5.91. The van der Waals surface area contributed by atoms with E-state index in [0.717, 1.165) is 25.2 Å². The number of rotatable bonds is 7. The quantitative estimate of drug-likeness (QED) is 0.763. The standard InChI is InChI=1S/C18H29N/c1-5-13-10-15(6-2)18(16(7-3)11-13)17(19-4)12-14-8-9-14/h10-11,14,17,19H,5-9,12H2,1-4H3. The first-order valence-electron chi connectivity index (χ1n) is 8.05. The van der Waals surface area contributed by atoms with Crippen molar-refractivity contribution in [1.82, 2.24) is 5.32 Å². The van der Waals surface area contributed by atoms with E-state index in [1.807, 2.05) is 0 Å². The predicted octanol–water partition coefficient (Wildman–Crippen LogP) is 4.43. The molecule has 1 unspecified atom stereocenters. The predicted molar refractivity (Wildman–Crippen MR) is 83.7 cm³/mol. The summed E-state index contributed by atoms with van der Waals surface area (Å²) in [6.45, 7) is 6.84. The molecule has 106 valence electrons. The van der Waals surface area contributed by atoms with Crippen molar-refractivity contribution in [3.63, 3.8) is 0 Å². The van der Waals surface area contributed by atoms with Gasteiger partial charge in [0.15, 0.2) is 0 Å². The summed E-state index contributed by atoms with van der Waals surface area (Å²) in [4.78, 5) is 0. The minimum absolute atomic E-state index is 0.559. The first-order chi connectivity index (χ1) is 9.23. The first kappa shape index (κ1) is 14.6. The highest BCUT2D eigenvalue weighted by atomic mass is 14.9. The zero-order chi connectivity index (χ0) is 13.8. The summed E-state index contributed by atoms with van der Waals surface area (Å²) in [5.41, 5.74) is 6.24. The summed E-state index contributed by atoms with van der Waals surface area (Å²) in [5.74, 6) is 0.970. The summed E-state index contributed by atoms with van der Waals surface area (Å²) in [7, 11) is 2.12. The largest absolute Gasteiger partial charge is 0.313 e. The normalized spacial score (nSPS) is 16.6. The number of benzene rings is 1. The highest BCUT2D eigenvalue weighted by molar-refractivity contribution is 5.42. The van der Waals surface area contributed by atoms with Crippen molar-refractivity contribution in [3.05, 3.63) is 34.4 Å². The second-order valence-electron chi connectivity index (χ2n) is 5.91. The summed E-state index contributed by atoms with van der Waals surface area (Å²) in [6, 6.07) is 5.43. The molecule has 1 aromatic carbocycles. The Bertz CT molecular complexity index is 393. The molecule has 0 bridgehead atoms. The van der Waals surface area contributed by atoms with Gasteiger partial charge in [-0.1, -0.05) is 45.7 Å². The monoisotopic (exact) mass is 259 g/mol. The zero-order valence-electron chi connectivity index (χ0n) is 13.1. The molecule has 1 saturated carbocycles. The highest BCUT2D eigenvalue weighted by Crippen LogP contribution is 2.39. The zero-order valence-corrected chi connectivity index (χ0v) is 13.1. The van der Waals surface area contributed by atoms with Gasteiger partial charge in [0.25, 0.3) is 0 Å². The molecule has 0 spiro atoms. The van der Waals surface area contributed by atoms with Gasteiger partial charge in [0.1, 0.15) is 0 Å². The number of aryl methyl sites for hydroxylation is 3. The molecule has 1 N–H and O–H groups in total. The molecule has 0 heterocycles. The van der Waals surface area contributed by atoms with Crippen LogP contribution in [-0.4, -0.2) is 7.05 Å². The maximum atomic E-state index is 3.58. The molecule has 19 heavy (non-hydrogen) atoms. The van der Waals surface area contributed by atoms with Gasteiger partial charge in [-0.2, -0.15) is 0 Å². The van der Waals surface area contributed by atoms with Crippen molar-refractivity contribution < 1.29 is 0 Å². The molecule has 1 aliphatic rings. The van der Waals surface area contributed by atoms with Crippen LogP contribution in [0.3, 0.4) is 0 Å². The van der Waals surface area contributed by atoms with Crippen LogP contribution >= 0.6 is 0 Å². The average Bonchev–Trinajstić information content (AvgIpc) is 3.27. The van der Waals surface area contributed by atoms with Crippen molar-refractivity contribution in [2.24, 2.45) is 5.92 Å². The minimum Gasteiger partial charge on any atom is -0.313 e. The van der Waals surface area contributed by atoms with E-state index in [1.54, 1.807) is 16.7 Å². The molecule has 1 fully saturated rings. The Morgan fingerprint density at radius 1 is 1.05 bits per heavy atom. The summed E-state index contributed by atoms with van der Waals surface area (Å²) < 4.78 is 0. The topological polar surface area (TPSA) is 12.0 Å². The summed E-state index contributed by atoms with van der Waals surface area (Å²) in [6.07, 6.45) is 7.65. The van der Waals surface area contributed by atoms with E-state index in [0.29, 0.717) is 6.04 Å². The third-order valence-corrected chi connectivity index (χ3v) is 4.54. The van der Waals surface area contributed by atoms with E-state index >= 15 is 0 Å². The second kappa shape index (κ2) is 6.56. The van der Waals surface area contributed by atoms with Crippen LogP contribution in [0.2, 0.25) is 0 Å². The lowest BCUT2D eigenvalue weighted by Gasteiger charge is -2.24. The fourth-order valence-electron chi connectivity index (χ4n) is 3.15. The van der Waals surface area contributed by atoms with Crippen molar-refractivity contribution in [3.8, 4) is 0 Å². The molecule has 1 atom stereocenters. The van der Waals surface area contributed by atoms with Gasteiger partial charge in [0, 0.05) is 6.04 Å². The van der Waals surface area contributed by atoms with Crippen molar-refractivity contribution in [2.45, 2.75) is 65.3 Å². The maximum Gasteiger partial charge on any atom is 0.0325 e. The lowest BCUT2D eigenvalue weighted by atomic mass is 9.87. The maximum absolute atomic E-state index is 3.58. The van der Waals surface area contributed by atoms with Crippen LogP contribution in [0.4, 0.5) is 0 Å². The number of hydrogen-bond acceptors (Lipinski definition) is 1.